The second-order valence-corrected chi connectivity index (χ2v) is 2.76. The first-order valence-corrected chi connectivity index (χ1v) is 3.43. The van der Waals surface area contributed by atoms with Crippen LogP contribution in [-0.4, -0.2) is 4.38 Å². The predicted molar refractivity (Wildman–Crippen MR) is 35.8 cm³/mol. The molecule has 0 N–H and O–H groups in total. The largest absolute Gasteiger partial charge is 1.00 e. The van der Waals surface area contributed by atoms with Gasteiger partial charge in [0.05, 0.1) is 0 Å². The van der Waals surface area contributed by atoms with Crippen molar-refractivity contribution in [3.05, 3.63) is 23.8 Å². The molecule has 0 spiro atoms. The van der Waals surface area contributed by atoms with Gasteiger partial charge in [0.1, 0.15) is 0 Å². The molecule has 9 heavy (non-hydrogen) atoms. The minimum atomic E-state index is 0. The monoisotopic (exact) mass is 213 g/mol. The molecular formula is C7H11ORu-2. The van der Waals surface area contributed by atoms with Gasteiger partial charge in [0.25, 0.3) is 0 Å². The van der Waals surface area contributed by atoms with Gasteiger partial charge in [-0.15, -0.1) is 0 Å². The fourth-order valence-corrected chi connectivity index (χ4v) is 0.664. The molecule has 0 aromatic rings. The number of hydrogen-bond donors (Lipinski definition) is 0. The van der Waals surface area contributed by atoms with Crippen molar-refractivity contribution in [2.75, 3.05) is 0 Å². The minimum absolute atomic E-state index is 0. The Balaban J connectivity index is -0.000000320. The van der Waals surface area contributed by atoms with Gasteiger partial charge in [-0.2, -0.15) is 0 Å². The van der Waals surface area contributed by atoms with Gasteiger partial charge in [0, 0.05) is 0 Å². The maximum absolute atomic E-state index is 10.4. The van der Waals surface area contributed by atoms with Crippen LogP contribution in [0.15, 0.2) is 23.8 Å². The molecular weight excluding hydrogens is 201 g/mol. The topological polar surface area (TPSA) is 17.1 Å². The summed E-state index contributed by atoms with van der Waals surface area (Å²) < 4.78 is 0.00917. The summed E-state index contributed by atoms with van der Waals surface area (Å²) in [6.07, 6.45) is 1.55. The number of hydrogen-bond acceptors (Lipinski definition) is 1. The first-order chi connectivity index (χ1) is 4.04. The van der Waals surface area contributed by atoms with E-state index < -0.39 is 0 Å². The van der Waals surface area contributed by atoms with Crippen LogP contribution in [0.1, 0.15) is 16.7 Å². The Hall–Kier alpha value is -0.227. The quantitative estimate of drug-likeness (QED) is 0.387. The Morgan fingerprint density at radius 1 is 1.67 bits per heavy atom. The fourth-order valence-electron chi connectivity index (χ4n) is 0.288. The van der Waals surface area contributed by atoms with Crippen molar-refractivity contribution >= 4 is 4.38 Å². The molecule has 0 heterocycles. The van der Waals surface area contributed by atoms with E-state index in [0.717, 1.165) is 11.1 Å². The Morgan fingerprint density at radius 3 is 2.22 bits per heavy atom. The molecule has 0 bridgehead atoms. The third kappa shape index (κ3) is 4.29. The van der Waals surface area contributed by atoms with Gasteiger partial charge >= 0.3 is 65.1 Å². The first-order valence-electron chi connectivity index (χ1n) is 2.56. The van der Waals surface area contributed by atoms with Gasteiger partial charge in [0.2, 0.25) is 0 Å². The predicted octanol–water partition coefficient (Wildman–Crippen LogP) is 1.81. The molecule has 0 rings (SSSR count). The average molecular weight is 212 g/mol. The standard InChI is InChI=1S/C7H9O.Ru.2H/c1-6(2)7(3)4-5-8;;;/h4H,1H2,2-3H3;;;/q;;2*-1. The number of allylic oxidation sites excluding steroid dienone is 3. The number of carbonyl (C=O) groups excluding carboxylic acids is 1. The van der Waals surface area contributed by atoms with Crippen LogP contribution in [0.25, 0.3) is 0 Å². The van der Waals surface area contributed by atoms with E-state index in [-0.39, 0.29) is 7.23 Å². The van der Waals surface area contributed by atoms with Crippen LogP contribution >= 0.6 is 0 Å². The van der Waals surface area contributed by atoms with Crippen LogP contribution in [0.3, 0.4) is 0 Å². The second-order valence-electron chi connectivity index (χ2n) is 1.90. The summed E-state index contributed by atoms with van der Waals surface area (Å²) in [4.78, 5) is 10.4. The summed E-state index contributed by atoms with van der Waals surface area (Å²) in [5, 5.41) is 0. The van der Waals surface area contributed by atoms with Gasteiger partial charge < -0.3 is 2.85 Å². The second kappa shape index (κ2) is 3.73. The Morgan fingerprint density at radius 2 is 2.11 bits per heavy atom. The molecule has 2 heteroatoms. The molecule has 0 fully saturated rings. The summed E-state index contributed by atoms with van der Waals surface area (Å²) in [7, 11) is 0. The van der Waals surface area contributed by atoms with E-state index in [1.807, 2.05) is 32.1 Å². The fraction of sp³-hybridized carbons (Fsp3) is 0.286. The zero-order valence-corrected chi connectivity index (χ0v) is 7.28. The Kier molecular flexibility index (Phi) is 3.64. The number of carbonyl (C=O) groups is 1. The van der Waals surface area contributed by atoms with Gasteiger partial charge in [-0.3, -0.25) is 0 Å². The molecule has 0 amide bonds. The molecule has 0 radical (unpaired) electrons. The van der Waals surface area contributed by atoms with Crippen molar-refractivity contribution in [2.45, 2.75) is 13.8 Å². The smallest absolute Gasteiger partial charge is 1.00 e. The summed E-state index contributed by atoms with van der Waals surface area (Å²) in [5.41, 5.74) is 1.88. The van der Waals surface area contributed by atoms with Crippen molar-refractivity contribution in [1.29, 1.82) is 0 Å². The Labute approximate surface area is 68.5 Å². The van der Waals surface area contributed by atoms with E-state index in [1.165, 1.54) is 0 Å². The van der Waals surface area contributed by atoms with E-state index in [9.17, 15) is 4.79 Å². The normalized spacial score (nSPS) is 11.2. The van der Waals surface area contributed by atoms with E-state index in [1.54, 1.807) is 6.08 Å². The van der Waals surface area contributed by atoms with Gasteiger partial charge in [-0.1, -0.05) is 0 Å². The molecule has 0 aliphatic heterocycles. The van der Waals surface area contributed by atoms with Crippen molar-refractivity contribution in [3.63, 3.8) is 0 Å². The summed E-state index contributed by atoms with van der Waals surface area (Å²) in [6.45, 7) is 7.42. The summed E-state index contributed by atoms with van der Waals surface area (Å²) >= 11 is 2.00. The van der Waals surface area contributed by atoms with Crippen LogP contribution in [-0.2, 0) is 23.1 Å². The van der Waals surface area contributed by atoms with Gasteiger partial charge in [-0.05, 0) is 0 Å². The van der Waals surface area contributed by atoms with Gasteiger partial charge in [-0.25, -0.2) is 0 Å². The van der Waals surface area contributed by atoms with E-state index in [4.69, 9.17) is 0 Å². The van der Waals surface area contributed by atoms with Crippen LogP contribution in [0.4, 0.5) is 0 Å². The zero-order valence-electron chi connectivity index (χ0n) is 7.55. The van der Waals surface area contributed by atoms with Crippen molar-refractivity contribution in [1.82, 2.24) is 0 Å². The summed E-state index contributed by atoms with van der Waals surface area (Å²) in [5.74, 6) is 0. The van der Waals surface area contributed by atoms with Gasteiger partial charge in [0.15, 0.2) is 0 Å². The number of rotatable bonds is 2. The third-order valence-electron chi connectivity index (χ3n) is 1.000. The maximum Gasteiger partial charge on any atom is -1.00 e. The molecule has 0 aromatic heterocycles. The molecule has 0 aliphatic carbocycles. The zero-order chi connectivity index (χ0) is 7.44. The molecule has 0 unspecified atom stereocenters. The van der Waals surface area contributed by atoms with Crippen molar-refractivity contribution < 1.29 is 26.0 Å². The van der Waals surface area contributed by atoms with Crippen LogP contribution in [0, 0.1) is 0 Å². The third-order valence-corrected chi connectivity index (χ3v) is 1.25. The van der Waals surface area contributed by atoms with Crippen LogP contribution in [0.5, 0.6) is 0 Å². The van der Waals surface area contributed by atoms with Crippen LogP contribution in [0.2, 0.25) is 0 Å². The van der Waals surface area contributed by atoms with E-state index in [0.29, 0.717) is 0 Å². The van der Waals surface area contributed by atoms with Crippen LogP contribution < -0.4 is 0 Å². The maximum atomic E-state index is 10.4. The first kappa shape index (κ1) is 8.77. The van der Waals surface area contributed by atoms with E-state index in [2.05, 4.69) is 6.58 Å². The molecule has 0 saturated heterocycles. The minimum Gasteiger partial charge on any atom is -1.00 e. The Bertz CT molecular complexity index is 175. The molecule has 0 aromatic carbocycles. The van der Waals surface area contributed by atoms with Crippen molar-refractivity contribution in [3.8, 4) is 0 Å². The average Bonchev–Trinajstić information content (AvgIpc) is 1.63. The van der Waals surface area contributed by atoms with Crippen molar-refractivity contribution in [2.24, 2.45) is 0 Å². The molecule has 0 atom stereocenters. The summed E-state index contributed by atoms with van der Waals surface area (Å²) in [6, 6.07) is 0. The van der Waals surface area contributed by atoms with E-state index >= 15 is 0 Å². The molecule has 55 valence electrons. The molecule has 1 nitrogen and oxygen atoms in total. The SMILES string of the molecule is C=C(C)C(C)=C[C](=O)[Ru].[H-].[H-]. The molecule has 0 aliphatic rings. The molecule has 0 saturated carbocycles.